The number of hydrogen-bond acceptors (Lipinski definition) is 1. The summed E-state index contributed by atoms with van der Waals surface area (Å²) in [7, 11) is 0. The third-order valence-electron chi connectivity index (χ3n) is 3.44. The molecule has 0 unspecified atom stereocenters. The maximum atomic E-state index is 5.95. The molecule has 2 rings (SSSR count). The maximum Gasteiger partial charge on any atom is 0.0461 e. The van der Waals surface area contributed by atoms with Crippen LogP contribution in [0.5, 0.6) is 0 Å². The molecular formula is C13H18BrN. The van der Waals surface area contributed by atoms with Gasteiger partial charge in [0.2, 0.25) is 0 Å². The van der Waals surface area contributed by atoms with Gasteiger partial charge < -0.3 is 5.73 Å². The largest absolute Gasteiger partial charge is 0.398 e. The zero-order chi connectivity index (χ0) is 10.8. The Kier molecular flexibility index (Phi) is 3.35. The lowest BCUT2D eigenvalue weighted by Crippen LogP contribution is -2.08. The van der Waals surface area contributed by atoms with Gasteiger partial charge in [-0.05, 0) is 58.8 Å². The fourth-order valence-electron chi connectivity index (χ4n) is 2.60. The van der Waals surface area contributed by atoms with Crippen molar-refractivity contribution in [2.45, 2.75) is 44.9 Å². The summed E-state index contributed by atoms with van der Waals surface area (Å²) >= 11 is 3.64. The highest BCUT2D eigenvalue weighted by Gasteiger charge is 2.20. The van der Waals surface area contributed by atoms with Gasteiger partial charge in [-0.15, -0.1) is 0 Å². The van der Waals surface area contributed by atoms with Crippen LogP contribution in [0.2, 0.25) is 0 Å². The van der Waals surface area contributed by atoms with Crippen LogP contribution >= 0.6 is 15.9 Å². The Labute approximate surface area is 100 Å². The van der Waals surface area contributed by atoms with Crippen LogP contribution in [-0.2, 0) is 0 Å². The van der Waals surface area contributed by atoms with E-state index in [9.17, 15) is 0 Å². The molecule has 0 saturated heterocycles. The van der Waals surface area contributed by atoms with Gasteiger partial charge in [0, 0.05) is 10.2 Å². The summed E-state index contributed by atoms with van der Waals surface area (Å²) in [6.45, 7) is 2.19. The second-order valence-electron chi connectivity index (χ2n) is 4.53. The molecule has 1 fully saturated rings. The van der Waals surface area contributed by atoms with Gasteiger partial charge >= 0.3 is 0 Å². The van der Waals surface area contributed by atoms with E-state index in [1.165, 1.54) is 43.2 Å². The van der Waals surface area contributed by atoms with E-state index in [4.69, 9.17) is 5.73 Å². The average Bonchev–Trinajstić information content (AvgIpc) is 2.26. The second kappa shape index (κ2) is 4.56. The molecule has 0 atom stereocenters. The topological polar surface area (TPSA) is 26.0 Å². The zero-order valence-corrected chi connectivity index (χ0v) is 10.8. The van der Waals surface area contributed by atoms with Gasteiger partial charge in [0.05, 0.1) is 0 Å². The van der Waals surface area contributed by atoms with E-state index in [1.54, 1.807) is 0 Å². The number of rotatable bonds is 1. The number of benzene rings is 1. The third kappa shape index (κ3) is 2.20. The molecule has 15 heavy (non-hydrogen) atoms. The van der Waals surface area contributed by atoms with Crippen molar-refractivity contribution in [3.63, 3.8) is 0 Å². The summed E-state index contributed by atoms with van der Waals surface area (Å²) in [4.78, 5) is 0. The number of nitrogen functional groups attached to an aromatic ring is 1. The van der Waals surface area contributed by atoms with Crippen molar-refractivity contribution < 1.29 is 0 Å². The molecule has 0 aliphatic heterocycles. The van der Waals surface area contributed by atoms with E-state index in [1.807, 2.05) is 6.07 Å². The van der Waals surface area contributed by atoms with Gasteiger partial charge in [-0.1, -0.05) is 25.3 Å². The Balaban J connectivity index is 2.36. The molecule has 1 aromatic rings. The molecule has 0 spiro atoms. The molecule has 1 aliphatic rings. The van der Waals surface area contributed by atoms with Crippen LogP contribution in [0, 0.1) is 6.92 Å². The van der Waals surface area contributed by atoms with Gasteiger partial charge in [0.1, 0.15) is 0 Å². The van der Waals surface area contributed by atoms with Crippen molar-refractivity contribution in [1.82, 2.24) is 0 Å². The smallest absolute Gasteiger partial charge is 0.0461 e. The highest BCUT2D eigenvalue weighted by Crippen LogP contribution is 2.40. The first kappa shape index (κ1) is 11.0. The van der Waals surface area contributed by atoms with E-state index >= 15 is 0 Å². The number of anilines is 1. The minimum atomic E-state index is 0.719. The molecule has 2 N–H and O–H groups in total. The Morgan fingerprint density at radius 2 is 1.87 bits per heavy atom. The normalized spacial score (nSPS) is 18.0. The van der Waals surface area contributed by atoms with Crippen LogP contribution in [0.3, 0.4) is 0 Å². The van der Waals surface area contributed by atoms with Crippen LogP contribution in [0.25, 0.3) is 0 Å². The summed E-state index contributed by atoms with van der Waals surface area (Å²) < 4.78 is 1.13. The van der Waals surface area contributed by atoms with Gasteiger partial charge in [0.25, 0.3) is 0 Å². The molecule has 1 aromatic carbocycles. The number of halogens is 1. The maximum absolute atomic E-state index is 5.95. The lowest BCUT2D eigenvalue weighted by Gasteiger charge is -2.25. The van der Waals surface area contributed by atoms with E-state index in [2.05, 4.69) is 28.9 Å². The Hall–Kier alpha value is -0.500. The van der Waals surface area contributed by atoms with E-state index in [0.717, 1.165) is 16.1 Å². The predicted molar refractivity (Wildman–Crippen MR) is 69.1 cm³/mol. The molecule has 0 amide bonds. The molecule has 0 heterocycles. The van der Waals surface area contributed by atoms with Crippen molar-refractivity contribution in [2.24, 2.45) is 0 Å². The van der Waals surface area contributed by atoms with Crippen molar-refractivity contribution in [3.05, 3.63) is 27.7 Å². The molecule has 1 saturated carbocycles. The predicted octanol–water partition coefficient (Wildman–Crippen LogP) is 4.39. The summed E-state index contributed by atoms with van der Waals surface area (Å²) in [5.41, 5.74) is 9.66. The highest BCUT2D eigenvalue weighted by atomic mass is 79.9. The van der Waals surface area contributed by atoms with Crippen LogP contribution in [0.4, 0.5) is 5.69 Å². The summed E-state index contributed by atoms with van der Waals surface area (Å²) in [5.74, 6) is 0.719. The van der Waals surface area contributed by atoms with Crippen LogP contribution in [0.1, 0.15) is 49.1 Å². The van der Waals surface area contributed by atoms with Crippen molar-refractivity contribution in [1.29, 1.82) is 0 Å². The molecule has 2 heteroatoms. The first-order chi connectivity index (χ1) is 7.20. The van der Waals surface area contributed by atoms with Crippen molar-refractivity contribution in [2.75, 3.05) is 5.73 Å². The fourth-order valence-corrected chi connectivity index (χ4v) is 3.37. The van der Waals surface area contributed by atoms with Gasteiger partial charge in [0.15, 0.2) is 0 Å². The highest BCUT2D eigenvalue weighted by molar-refractivity contribution is 9.10. The van der Waals surface area contributed by atoms with Gasteiger partial charge in [-0.3, -0.25) is 0 Å². The quantitative estimate of drug-likeness (QED) is 0.751. The number of hydrogen-bond donors (Lipinski definition) is 1. The summed E-state index contributed by atoms with van der Waals surface area (Å²) in [6, 6.07) is 4.13. The van der Waals surface area contributed by atoms with E-state index in [-0.39, 0.29) is 0 Å². The third-order valence-corrected chi connectivity index (χ3v) is 4.33. The van der Waals surface area contributed by atoms with Crippen LogP contribution < -0.4 is 5.73 Å². The SMILES string of the molecule is Cc1ccc(N)c(Br)c1C1CCCCC1. The average molecular weight is 268 g/mol. The lowest BCUT2D eigenvalue weighted by atomic mass is 9.82. The lowest BCUT2D eigenvalue weighted by molar-refractivity contribution is 0.441. The molecule has 82 valence electrons. The first-order valence-electron chi connectivity index (χ1n) is 5.74. The monoisotopic (exact) mass is 267 g/mol. The van der Waals surface area contributed by atoms with Crippen molar-refractivity contribution in [3.8, 4) is 0 Å². The minimum absolute atomic E-state index is 0.719. The Morgan fingerprint density at radius 3 is 2.53 bits per heavy atom. The van der Waals surface area contributed by atoms with Crippen LogP contribution in [-0.4, -0.2) is 0 Å². The van der Waals surface area contributed by atoms with Gasteiger partial charge in [-0.2, -0.15) is 0 Å². The molecule has 1 aliphatic carbocycles. The molecule has 0 bridgehead atoms. The Morgan fingerprint density at radius 1 is 1.20 bits per heavy atom. The zero-order valence-electron chi connectivity index (χ0n) is 9.22. The standard InChI is InChI=1S/C13H18BrN/c1-9-7-8-11(15)13(14)12(9)10-5-3-2-4-6-10/h7-8,10H,2-6,15H2,1H3. The summed E-state index contributed by atoms with van der Waals surface area (Å²) in [5, 5.41) is 0. The van der Waals surface area contributed by atoms with Crippen LogP contribution in [0.15, 0.2) is 16.6 Å². The minimum Gasteiger partial charge on any atom is -0.398 e. The Bertz CT molecular complexity index is 354. The van der Waals surface area contributed by atoms with E-state index < -0.39 is 0 Å². The second-order valence-corrected chi connectivity index (χ2v) is 5.33. The fraction of sp³-hybridized carbons (Fsp3) is 0.538. The summed E-state index contributed by atoms with van der Waals surface area (Å²) in [6.07, 6.45) is 6.78. The van der Waals surface area contributed by atoms with Gasteiger partial charge in [-0.25, -0.2) is 0 Å². The number of nitrogens with two attached hydrogens (primary N) is 1. The molecule has 0 radical (unpaired) electrons. The number of aryl methyl sites for hydroxylation is 1. The van der Waals surface area contributed by atoms with E-state index in [0.29, 0.717) is 0 Å². The molecular weight excluding hydrogens is 250 g/mol. The first-order valence-corrected chi connectivity index (χ1v) is 6.54. The molecule has 1 nitrogen and oxygen atoms in total. The molecule has 0 aromatic heterocycles. The van der Waals surface area contributed by atoms with Crippen molar-refractivity contribution >= 4 is 21.6 Å².